The molecule has 1 aliphatic heterocycles. The molecule has 1 aliphatic rings. The van der Waals surface area contributed by atoms with Crippen LogP contribution in [0.1, 0.15) is 11.1 Å². The number of nitrogens with one attached hydrogen (secondary N) is 2. The Hall–Kier alpha value is -2.53. The standard InChI is InChI=1S/C18H17ClN2O3/c19-14-4-1-12(2-5-14)10-17(22)20-8-7-13-3-6-16-15(9-13)21-18(23)11-24-16/h1-6,9H,7-8,10-11H2,(H,20,22)(H,21,23). The third kappa shape index (κ3) is 4.26. The van der Waals surface area contributed by atoms with Crippen molar-refractivity contribution in [3.05, 3.63) is 58.6 Å². The Labute approximate surface area is 145 Å². The van der Waals surface area contributed by atoms with E-state index in [0.29, 0.717) is 35.8 Å². The van der Waals surface area contributed by atoms with Gasteiger partial charge in [0.05, 0.1) is 12.1 Å². The second-order valence-electron chi connectivity index (χ2n) is 5.57. The van der Waals surface area contributed by atoms with E-state index in [2.05, 4.69) is 10.6 Å². The van der Waals surface area contributed by atoms with E-state index in [1.54, 1.807) is 12.1 Å². The average molecular weight is 345 g/mol. The van der Waals surface area contributed by atoms with Crippen molar-refractivity contribution in [3.8, 4) is 5.75 Å². The van der Waals surface area contributed by atoms with E-state index in [1.165, 1.54) is 0 Å². The van der Waals surface area contributed by atoms with Crippen LogP contribution in [-0.2, 0) is 22.4 Å². The molecule has 0 aromatic heterocycles. The average Bonchev–Trinajstić information content (AvgIpc) is 2.56. The number of carbonyl (C=O) groups excluding carboxylic acids is 2. The number of benzene rings is 2. The molecule has 0 fully saturated rings. The van der Waals surface area contributed by atoms with Crippen LogP contribution >= 0.6 is 11.6 Å². The van der Waals surface area contributed by atoms with E-state index in [1.807, 2.05) is 30.3 Å². The van der Waals surface area contributed by atoms with Crippen molar-refractivity contribution in [1.29, 1.82) is 0 Å². The van der Waals surface area contributed by atoms with Gasteiger partial charge in [0.2, 0.25) is 5.91 Å². The van der Waals surface area contributed by atoms with Gasteiger partial charge >= 0.3 is 0 Å². The van der Waals surface area contributed by atoms with Crippen molar-refractivity contribution in [2.24, 2.45) is 0 Å². The van der Waals surface area contributed by atoms with Crippen LogP contribution in [0.3, 0.4) is 0 Å². The molecule has 2 N–H and O–H groups in total. The molecule has 24 heavy (non-hydrogen) atoms. The van der Waals surface area contributed by atoms with E-state index in [4.69, 9.17) is 16.3 Å². The van der Waals surface area contributed by atoms with Gasteiger partial charge < -0.3 is 15.4 Å². The summed E-state index contributed by atoms with van der Waals surface area (Å²) in [7, 11) is 0. The quantitative estimate of drug-likeness (QED) is 0.876. The van der Waals surface area contributed by atoms with Gasteiger partial charge in [0.1, 0.15) is 5.75 Å². The van der Waals surface area contributed by atoms with Gasteiger partial charge in [-0.1, -0.05) is 29.8 Å². The number of hydrogen-bond acceptors (Lipinski definition) is 3. The number of halogens is 1. The third-order valence-electron chi connectivity index (χ3n) is 3.69. The van der Waals surface area contributed by atoms with E-state index in [9.17, 15) is 9.59 Å². The van der Waals surface area contributed by atoms with Gasteiger partial charge in [-0.15, -0.1) is 0 Å². The summed E-state index contributed by atoms with van der Waals surface area (Å²) in [6, 6.07) is 12.9. The summed E-state index contributed by atoms with van der Waals surface area (Å²) in [5, 5.41) is 6.32. The largest absolute Gasteiger partial charge is 0.482 e. The molecule has 1 heterocycles. The summed E-state index contributed by atoms with van der Waals surface area (Å²) in [6.07, 6.45) is 1.00. The Morgan fingerprint density at radius 1 is 1.17 bits per heavy atom. The maximum Gasteiger partial charge on any atom is 0.262 e. The Morgan fingerprint density at radius 3 is 2.71 bits per heavy atom. The molecule has 0 saturated heterocycles. The molecular weight excluding hydrogens is 328 g/mol. The summed E-state index contributed by atoms with van der Waals surface area (Å²) in [6.45, 7) is 0.577. The first-order valence-corrected chi connectivity index (χ1v) is 8.05. The van der Waals surface area contributed by atoms with E-state index in [-0.39, 0.29) is 18.4 Å². The highest BCUT2D eigenvalue weighted by atomic mass is 35.5. The van der Waals surface area contributed by atoms with Crippen molar-refractivity contribution >= 4 is 29.1 Å². The van der Waals surface area contributed by atoms with Crippen LogP contribution in [0.15, 0.2) is 42.5 Å². The Morgan fingerprint density at radius 2 is 1.92 bits per heavy atom. The molecule has 2 aromatic carbocycles. The van der Waals surface area contributed by atoms with Crippen LogP contribution in [0.4, 0.5) is 5.69 Å². The minimum Gasteiger partial charge on any atom is -0.482 e. The maximum absolute atomic E-state index is 11.9. The predicted molar refractivity (Wildman–Crippen MR) is 92.4 cm³/mol. The van der Waals surface area contributed by atoms with Gasteiger partial charge in [-0.3, -0.25) is 9.59 Å². The molecule has 2 amide bonds. The minimum absolute atomic E-state index is 0.0353. The SMILES string of the molecule is O=C(Cc1ccc(Cl)cc1)NCCc1ccc2c(c1)NC(=O)CO2. The zero-order valence-corrected chi connectivity index (χ0v) is 13.7. The summed E-state index contributed by atoms with van der Waals surface area (Å²) in [5.41, 5.74) is 2.62. The molecule has 0 saturated carbocycles. The molecule has 0 radical (unpaired) electrons. The number of amides is 2. The number of fused-ring (bicyclic) bond motifs is 1. The number of rotatable bonds is 5. The zero-order chi connectivity index (χ0) is 16.9. The molecular formula is C18H17ClN2O3. The first-order chi connectivity index (χ1) is 11.6. The molecule has 0 atom stereocenters. The van der Waals surface area contributed by atoms with E-state index in [0.717, 1.165) is 11.1 Å². The molecule has 0 aliphatic carbocycles. The normalized spacial score (nSPS) is 12.8. The highest BCUT2D eigenvalue weighted by Gasteiger charge is 2.15. The lowest BCUT2D eigenvalue weighted by Crippen LogP contribution is -2.27. The second-order valence-corrected chi connectivity index (χ2v) is 6.01. The molecule has 6 heteroatoms. The Bertz CT molecular complexity index is 759. The lowest BCUT2D eigenvalue weighted by atomic mass is 10.1. The summed E-state index contributed by atoms with van der Waals surface area (Å²) >= 11 is 5.82. The third-order valence-corrected chi connectivity index (χ3v) is 3.94. The first-order valence-electron chi connectivity index (χ1n) is 7.67. The lowest BCUT2D eigenvalue weighted by molar-refractivity contribution is -0.120. The minimum atomic E-state index is -0.157. The molecule has 5 nitrogen and oxygen atoms in total. The Balaban J connectivity index is 1.49. The first kappa shape index (κ1) is 16.3. The molecule has 0 unspecified atom stereocenters. The van der Waals surface area contributed by atoms with Crippen molar-refractivity contribution in [1.82, 2.24) is 5.32 Å². The van der Waals surface area contributed by atoms with E-state index < -0.39 is 0 Å². The molecule has 2 aromatic rings. The topological polar surface area (TPSA) is 67.4 Å². The second kappa shape index (κ2) is 7.36. The van der Waals surface area contributed by atoms with Gasteiger partial charge in [-0.05, 0) is 41.8 Å². The highest BCUT2D eigenvalue weighted by molar-refractivity contribution is 6.30. The van der Waals surface area contributed by atoms with Gasteiger partial charge in [0.15, 0.2) is 6.61 Å². The van der Waals surface area contributed by atoms with Crippen LogP contribution < -0.4 is 15.4 Å². The van der Waals surface area contributed by atoms with Crippen molar-refractivity contribution in [2.75, 3.05) is 18.5 Å². The lowest BCUT2D eigenvalue weighted by Gasteiger charge is -2.18. The number of ether oxygens (including phenoxy) is 1. The van der Waals surface area contributed by atoms with Crippen LogP contribution in [0.2, 0.25) is 5.02 Å². The molecule has 0 bridgehead atoms. The van der Waals surface area contributed by atoms with Gasteiger partial charge in [0, 0.05) is 11.6 Å². The zero-order valence-electron chi connectivity index (χ0n) is 13.0. The van der Waals surface area contributed by atoms with Crippen molar-refractivity contribution in [3.63, 3.8) is 0 Å². The summed E-state index contributed by atoms with van der Waals surface area (Å²) in [5.74, 6) is 0.480. The van der Waals surface area contributed by atoms with Crippen LogP contribution in [0.5, 0.6) is 5.75 Å². The van der Waals surface area contributed by atoms with Gasteiger partial charge in [-0.25, -0.2) is 0 Å². The fourth-order valence-corrected chi connectivity index (χ4v) is 2.61. The number of anilines is 1. The monoisotopic (exact) mass is 344 g/mol. The maximum atomic E-state index is 11.9. The number of hydrogen-bond donors (Lipinski definition) is 2. The summed E-state index contributed by atoms with van der Waals surface area (Å²) in [4.78, 5) is 23.3. The smallest absolute Gasteiger partial charge is 0.262 e. The van der Waals surface area contributed by atoms with Crippen LogP contribution in [-0.4, -0.2) is 25.0 Å². The number of carbonyl (C=O) groups is 2. The van der Waals surface area contributed by atoms with Crippen LogP contribution in [0, 0.1) is 0 Å². The predicted octanol–water partition coefficient (Wildman–Crippen LogP) is 2.57. The van der Waals surface area contributed by atoms with Crippen LogP contribution in [0.25, 0.3) is 0 Å². The van der Waals surface area contributed by atoms with Crippen molar-refractivity contribution < 1.29 is 14.3 Å². The molecule has 3 rings (SSSR count). The fourth-order valence-electron chi connectivity index (χ4n) is 2.48. The molecule has 0 spiro atoms. The van der Waals surface area contributed by atoms with Crippen molar-refractivity contribution in [2.45, 2.75) is 12.8 Å². The van der Waals surface area contributed by atoms with Gasteiger partial charge in [-0.2, -0.15) is 0 Å². The van der Waals surface area contributed by atoms with E-state index >= 15 is 0 Å². The summed E-state index contributed by atoms with van der Waals surface area (Å²) < 4.78 is 5.32. The molecule has 124 valence electrons. The fraction of sp³-hybridized carbons (Fsp3) is 0.222. The highest BCUT2D eigenvalue weighted by Crippen LogP contribution is 2.28. The Kier molecular flexibility index (Phi) is 5.01. The van der Waals surface area contributed by atoms with Gasteiger partial charge in [0.25, 0.3) is 5.91 Å².